The maximum atomic E-state index is 9.68. The SMILES string of the molecule is [C-]#[N+]c1ccc([C@H](C#N)NC(c2ccccc2)c2ccccc2)cc1. The summed E-state index contributed by atoms with van der Waals surface area (Å²) in [7, 11) is 0. The molecule has 1 atom stereocenters. The summed E-state index contributed by atoms with van der Waals surface area (Å²) in [4.78, 5) is 3.40. The van der Waals surface area contributed by atoms with Crippen LogP contribution in [0.25, 0.3) is 4.85 Å². The minimum Gasteiger partial charge on any atom is -0.287 e. The summed E-state index contributed by atoms with van der Waals surface area (Å²) < 4.78 is 0. The van der Waals surface area contributed by atoms with E-state index in [2.05, 4.69) is 40.5 Å². The van der Waals surface area contributed by atoms with E-state index in [9.17, 15) is 5.26 Å². The number of hydrogen-bond donors (Lipinski definition) is 1. The van der Waals surface area contributed by atoms with E-state index in [4.69, 9.17) is 6.57 Å². The molecular formula is C22H17N3. The number of nitriles is 1. The van der Waals surface area contributed by atoms with E-state index in [1.54, 1.807) is 12.1 Å². The molecule has 0 unspecified atom stereocenters. The molecule has 3 nitrogen and oxygen atoms in total. The van der Waals surface area contributed by atoms with Gasteiger partial charge < -0.3 is 0 Å². The van der Waals surface area contributed by atoms with Crippen molar-refractivity contribution in [2.24, 2.45) is 0 Å². The fourth-order valence-corrected chi connectivity index (χ4v) is 2.79. The van der Waals surface area contributed by atoms with Crippen LogP contribution in [0, 0.1) is 17.9 Å². The molecule has 3 heteroatoms. The minimum absolute atomic E-state index is 0.0902. The summed E-state index contributed by atoms with van der Waals surface area (Å²) in [5.41, 5.74) is 3.63. The molecule has 0 heterocycles. The second-order valence-corrected chi connectivity index (χ2v) is 5.69. The molecule has 0 aromatic heterocycles. The van der Waals surface area contributed by atoms with E-state index < -0.39 is 6.04 Å². The second kappa shape index (κ2) is 7.93. The smallest absolute Gasteiger partial charge is 0.187 e. The van der Waals surface area contributed by atoms with E-state index in [1.165, 1.54) is 0 Å². The molecule has 3 aromatic rings. The lowest BCUT2D eigenvalue weighted by Gasteiger charge is -2.23. The lowest BCUT2D eigenvalue weighted by molar-refractivity contribution is 0.559. The molecule has 0 amide bonds. The first-order chi connectivity index (χ1) is 12.3. The van der Waals surface area contributed by atoms with Crippen molar-refractivity contribution in [1.82, 2.24) is 5.32 Å². The third kappa shape index (κ3) is 3.93. The zero-order valence-electron chi connectivity index (χ0n) is 13.6. The molecule has 0 saturated heterocycles. The number of hydrogen-bond acceptors (Lipinski definition) is 2. The van der Waals surface area contributed by atoms with Gasteiger partial charge in [0, 0.05) is 0 Å². The summed E-state index contributed by atoms with van der Waals surface area (Å²) in [5, 5.41) is 13.1. The van der Waals surface area contributed by atoms with Crippen LogP contribution in [0.1, 0.15) is 28.8 Å². The Morgan fingerprint density at radius 2 is 1.28 bits per heavy atom. The maximum absolute atomic E-state index is 9.68. The van der Waals surface area contributed by atoms with Gasteiger partial charge in [-0.15, -0.1) is 0 Å². The topological polar surface area (TPSA) is 40.2 Å². The quantitative estimate of drug-likeness (QED) is 0.657. The predicted octanol–water partition coefficient (Wildman–Crippen LogP) is 5.18. The fourth-order valence-electron chi connectivity index (χ4n) is 2.79. The molecule has 0 spiro atoms. The minimum atomic E-state index is -0.467. The standard InChI is InChI=1S/C22H17N3/c1-24-20-14-12-17(13-15-20)21(16-23)25-22(18-8-4-2-5-9-18)19-10-6-3-7-11-19/h2-15,21-22,25H/t21-/m0/s1. The molecule has 3 aromatic carbocycles. The van der Waals surface area contributed by atoms with Crippen molar-refractivity contribution in [3.63, 3.8) is 0 Å². The molecule has 0 aliphatic rings. The van der Waals surface area contributed by atoms with Crippen LogP contribution < -0.4 is 5.32 Å². The molecule has 0 saturated carbocycles. The molecule has 25 heavy (non-hydrogen) atoms. The van der Waals surface area contributed by atoms with Gasteiger partial charge in [0.15, 0.2) is 5.69 Å². The molecule has 0 aliphatic heterocycles. The summed E-state index contributed by atoms with van der Waals surface area (Å²) >= 11 is 0. The van der Waals surface area contributed by atoms with Crippen molar-refractivity contribution in [2.75, 3.05) is 0 Å². The molecule has 3 rings (SSSR count). The normalized spacial score (nSPS) is 11.5. The zero-order valence-corrected chi connectivity index (χ0v) is 13.6. The van der Waals surface area contributed by atoms with Crippen LogP contribution in [-0.4, -0.2) is 0 Å². The predicted molar refractivity (Wildman–Crippen MR) is 98.9 cm³/mol. The van der Waals surface area contributed by atoms with Crippen LogP contribution in [0.5, 0.6) is 0 Å². The second-order valence-electron chi connectivity index (χ2n) is 5.69. The fraction of sp³-hybridized carbons (Fsp3) is 0.0909. The van der Waals surface area contributed by atoms with Gasteiger partial charge in [-0.3, -0.25) is 5.32 Å². The lowest BCUT2D eigenvalue weighted by atomic mass is 9.96. The Morgan fingerprint density at radius 1 is 0.760 bits per heavy atom. The van der Waals surface area contributed by atoms with Gasteiger partial charge in [0.25, 0.3) is 0 Å². The van der Waals surface area contributed by atoms with Gasteiger partial charge in [-0.25, -0.2) is 4.85 Å². The van der Waals surface area contributed by atoms with Crippen LogP contribution in [-0.2, 0) is 0 Å². The van der Waals surface area contributed by atoms with Gasteiger partial charge >= 0.3 is 0 Å². The highest BCUT2D eigenvalue weighted by atomic mass is 15.0. The van der Waals surface area contributed by atoms with Crippen molar-refractivity contribution in [1.29, 1.82) is 5.26 Å². The molecule has 0 fully saturated rings. The summed E-state index contributed by atoms with van der Waals surface area (Å²) in [6.07, 6.45) is 0. The van der Waals surface area contributed by atoms with E-state index in [0.29, 0.717) is 5.69 Å². The summed E-state index contributed by atoms with van der Waals surface area (Å²) in [5.74, 6) is 0. The molecule has 0 aliphatic carbocycles. The molecular weight excluding hydrogens is 306 g/mol. The number of nitrogens with one attached hydrogen (secondary N) is 1. The van der Waals surface area contributed by atoms with Crippen molar-refractivity contribution in [3.8, 4) is 6.07 Å². The lowest BCUT2D eigenvalue weighted by Crippen LogP contribution is -2.26. The number of benzene rings is 3. The van der Waals surface area contributed by atoms with Crippen molar-refractivity contribution >= 4 is 5.69 Å². The summed E-state index contributed by atoms with van der Waals surface area (Å²) in [6, 6.07) is 29.1. The van der Waals surface area contributed by atoms with Gasteiger partial charge in [-0.2, -0.15) is 5.26 Å². The van der Waals surface area contributed by atoms with Gasteiger partial charge in [0.05, 0.1) is 18.7 Å². The zero-order chi connectivity index (χ0) is 17.5. The first-order valence-corrected chi connectivity index (χ1v) is 8.05. The van der Waals surface area contributed by atoms with Gasteiger partial charge in [0.1, 0.15) is 6.04 Å². The monoisotopic (exact) mass is 323 g/mol. The highest BCUT2D eigenvalue weighted by molar-refractivity contribution is 5.46. The molecule has 1 N–H and O–H groups in total. The van der Waals surface area contributed by atoms with Gasteiger partial charge in [-0.05, 0) is 16.7 Å². The van der Waals surface area contributed by atoms with Crippen LogP contribution >= 0.6 is 0 Å². The van der Waals surface area contributed by atoms with E-state index in [-0.39, 0.29) is 6.04 Å². The Labute approximate surface area is 148 Å². The van der Waals surface area contributed by atoms with Crippen LogP contribution in [0.2, 0.25) is 0 Å². The Kier molecular flexibility index (Phi) is 5.22. The molecule has 0 bridgehead atoms. The molecule has 0 radical (unpaired) electrons. The average Bonchev–Trinajstić information content (AvgIpc) is 2.70. The van der Waals surface area contributed by atoms with Crippen LogP contribution in [0.15, 0.2) is 84.9 Å². The van der Waals surface area contributed by atoms with Crippen molar-refractivity contribution in [3.05, 3.63) is 113 Å². The number of nitrogens with zero attached hydrogens (tertiary/aromatic N) is 2. The highest BCUT2D eigenvalue weighted by Gasteiger charge is 2.19. The van der Waals surface area contributed by atoms with Crippen molar-refractivity contribution in [2.45, 2.75) is 12.1 Å². The van der Waals surface area contributed by atoms with Crippen LogP contribution in [0.4, 0.5) is 5.69 Å². The third-order valence-corrected chi connectivity index (χ3v) is 4.08. The Morgan fingerprint density at radius 3 is 1.72 bits per heavy atom. The average molecular weight is 323 g/mol. The highest BCUT2D eigenvalue weighted by Crippen LogP contribution is 2.26. The van der Waals surface area contributed by atoms with Gasteiger partial charge in [0.2, 0.25) is 0 Å². The van der Waals surface area contributed by atoms with Crippen molar-refractivity contribution < 1.29 is 0 Å². The third-order valence-electron chi connectivity index (χ3n) is 4.08. The maximum Gasteiger partial charge on any atom is 0.187 e. The Bertz CT molecular complexity index is 849. The largest absolute Gasteiger partial charge is 0.287 e. The van der Waals surface area contributed by atoms with E-state index in [1.807, 2.05) is 48.5 Å². The first kappa shape index (κ1) is 16.5. The Balaban J connectivity index is 1.93. The first-order valence-electron chi connectivity index (χ1n) is 8.05. The van der Waals surface area contributed by atoms with E-state index in [0.717, 1.165) is 16.7 Å². The van der Waals surface area contributed by atoms with Gasteiger partial charge in [-0.1, -0.05) is 84.9 Å². The Hall–Kier alpha value is -3.40. The van der Waals surface area contributed by atoms with E-state index >= 15 is 0 Å². The number of rotatable bonds is 5. The molecule has 120 valence electrons. The van der Waals surface area contributed by atoms with Crippen LogP contribution in [0.3, 0.4) is 0 Å². The summed E-state index contributed by atoms with van der Waals surface area (Å²) in [6.45, 7) is 7.05.